The van der Waals surface area contributed by atoms with E-state index in [9.17, 15) is 5.11 Å². The largest absolute Gasteiger partial charge is 0.388 e. The number of aliphatic hydroxyl groups is 1. The monoisotopic (exact) mass is 288 g/mol. The molecule has 1 aliphatic rings. The molecule has 0 bridgehead atoms. The van der Waals surface area contributed by atoms with E-state index in [1.807, 2.05) is 19.9 Å². The maximum absolute atomic E-state index is 10.1. The third-order valence-corrected chi connectivity index (χ3v) is 4.61. The second-order valence-electron chi connectivity index (χ2n) is 4.21. The molecule has 5 heteroatoms. The van der Waals surface area contributed by atoms with E-state index in [0.29, 0.717) is 18.2 Å². The summed E-state index contributed by atoms with van der Waals surface area (Å²) in [4.78, 5) is 11.0. The Labute approximate surface area is 116 Å². The molecular formula is C13H17ClO3S. The summed E-state index contributed by atoms with van der Waals surface area (Å²) in [6.07, 6.45) is 0.343. The highest BCUT2D eigenvalue weighted by molar-refractivity contribution is 7.99. The second kappa shape index (κ2) is 6.26. The molecule has 0 aromatic heterocycles. The van der Waals surface area contributed by atoms with Gasteiger partial charge in [0.25, 0.3) is 0 Å². The molecule has 0 radical (unpaired) electrons. The first kappa shape index (κ1) is 14.2. The second-order valence-corrected chi connectivity index (χ2v) is 5.72. The molecule has 1 N–H and O–H groups in total. The highest BCUT2D eigenvalue weighted by Gasteiger charge is 2.24. The van der Waals surface area contributed by atoms with Crippen LogP contribution in [0, 0.1) is 6.92 Å². The minimum absolute atomic E-state index is 0.351. The van der Waals surface area contributed by atoms with E-state index in [4.69, 9.17) is 21.4 Å². The van der Waals surface area contributed by atoms with Crippen molar-refractivity contribution in [3.05, 3.63) is 27.8 Å². The molecule has 0 aliphatic carbocycles. The fourth-order valence-electron chi connectivity index (χ4n) is 2.10. The molecule has 3 nitrogen and oxygen atoms in total. The number of fused-ring (bicyclic) bond motifs is 1. The van der Waals surface area contributed by atoms with Crippen LogP contribution in [0.5, 0.6) is 0 Å². The summed E-state index contributed by atoms with van der Waals surface area (Å²) in [5, 5.41) is 10.8. The number of thioether (sulfide) groups is 1. The Hall–Kier alpha value is -0.260. The molecule has 0 saturated carbocycles. The minimum atomic E-state index is -0.425. The number of benzene rings is 1. The van der Waals surface area contributed by atoms with Crippen LogP contribution in [-0.2, 0) is 16.4 Å². The molecule has 0 amide bonds. The van der Waals surface area contributed by atoms with Gasteiger partial charge in [-0.2, -0.15) is 0 Å². The van der Waals surface area contributed by atoms with Gasteiger partial charge in [-0.15, -0.1) is 11.8 Å². The van der Waals surface area contributed by atoms with Crippen LogP contribution in [0.15, 0.2) is 11.0 Å². The molecule has 0 spiro atoms. The van der Waals surface area contributed by atoms with Gasteiger partial charge in [0.05, 0.1) is 17.7 Å². The lowest BCUT2D eigenvalue weighted by Gasteiger charge is -2.25. The molecule has 100 valence electrons. The number of hydrogen-bond donors (Lipinski definition) is 1. The van der Waals surface area contributed by atoms with Gasteiger partial charge >= 0.3 is 0 Å². The molecular weight excluding hydrogens is 272 g/mol. The Balaban J connectivity index is 2.32. The zero-order chi connectivity index (χ0) is 13.1. The Morgan fingerprint density at radius 1 is 1.50 bits per heavy atom. The van der Waals surface area contributed by atoms with E-state index in [1.54, 1.807) is 11.8 Å². The van der Waals surface area contributed by atoms with Crippen LogP contribution in [-0.4, -0.2) is 17.5 Å². The average molecular weight is 289 g/mol. The molecule has 1 atom stereocenters. The molecule has 1 aliphatic heterocycles. The van der Waals surface area contributed by atoms with Crippen LogP contribution >= 0.6 is 23.4 Å². The lowest BCUT2D eigenvalue weighted by atomic mass is 9.97. The highest BCUT2D eigenvalue weighted by Crippen LogP contribution is 2.43. The average Bonchev–Trinajstić information content (AvgIpc) is 2.35. The fourth-order valence-corrected chi connectivity index (χ4v) is 3.69. The number of aliphatic hydroxyl groups excluding tert-OH is 1. The van der Waals surface area contributed by atoms with Gasteiger partial charge in [-0.3, -0.25) is 0 Å². The van der Waals surface area contributed by atoms with E-state index >= 15 is 0 Å². The van der Waals surface area contributed by atoms with Crippen molar-refractivity contribution >= 4 is 23.4 Å². The summed E-state index contributed by atoms with van der Waals surface area (Å²) in [6.45, 7) is 4.72. The summed E-state index contributed by atoms with van der Waals surface area (Å²) in [7, 11) is 0. The van der Waals surface area contributed by atoms with Gasteiger partial charge in [0.15, 0.2) is 0 Å². The smallest absolute Gasteiger partial charge is 0.108 e. The first-order valence-corrected chi connectivity index (χ1v) is 7.38. The van der Waals surface area contributed by atoms with Gasteiger partial charge in [-0.05, 0) is 43.0 Å². The predicted molar refractivity (Wildman–Crippen MR) is 72.9 cm³/mol. The van der Waals surface area contributed by atoms with Crippen LogP contribution in [0.25, 0.3) is 0 Å². The van der Waals surface area contributed by atoms with Gasteiger partial charge in [0, 0.05) is 10.6 Å². The zero-order valence-corrected chi connectivity index (χ0v) is 12.1. The fraction of sp³-hybridized carbons (Fsp3) is 0.538. The molecule has 1 unspecified atom stereocenters. The summed E-state index contributed by atoms with van der Waals surface area (Å²) < 4.78 is 0. The molecule has 1 aromatic carbocycles. The van der Waals surface area contributed by atoms with E-state index in [2.05, 4.69) is 0 Å². The lowest BCUT2D eigenvalue weighted by Crippen LogP contribution is -2.11. The molecule has 0 saturated heterocycles. The number of rotatable bonds is 4. The summed E-state index contributed by atoms with van der Waals surface area (Å²) in [5.41, 5.74) is 2.97. The number of halogens is 1. The van der Waals surface area contributed by atoms with Gasteiger partial charge < -0.3 is 5.11 Å². The van der Waals surface area contributed by atoms with Crippen LogP contribution in [0.2, 0.25) is 5.02 Å². The topological polar surface area (TPSA) is 38.7 Å². The third-order valence-electron chi connectivity index (χ3n) is 3.03. The van der Waals surface area contributed by atoms with Gasteiger partial charge in [-0.25, -0.2) is 9.78 Å². The van der Waals surface area contributed by atoms with Crippen LogP contribution < -0.4 is 0 Å². The van der Waals surface area contributed by atoms with Gasteiger partial charge in [0.2, 0.25) is 0 Å². The van der Waals surface area contributed by atoms with Crippen molar-refractivity contribution in [2.45, 2.75) is 37.9 Å². The van der Waals surface area contributed by atoms with E-state index < -0.39 is 6.10 Å². The predicted octanol–water partition coefficient (Wildman–Crippen LogP) is 3.65. The Morgan fingerprint density at radius 2 is 2.28 bits per heavy atom. The SMILES string of the molecule is CCOOCc1cc(Cl)c2c(c1C)C(O)CCS2. The lowest BCUT2D eigenvalue weighted by molar-refractivity contribution is -0.300. The Morgan fingerprint density at radius 3 is 3.00 bits per heavy atom. The molecule has 1 aromatic rings. The summed E-state index contributed by atoms with van der Waals surface area (Å²) in [6, 6.07) is 1.90. The van der Waals surface area contributed by atoms with Crippen molar-refractivity contribution in [3.63, 3.8) is 0 Å². The maximum atomic E-state index is 10.1. The first-order valence-electron chi connectivity index (χ1n) is 6.02. The van der Waals surface area contributed by atoms with Crippen molar-refractivity contribution in [3.8, 4) is 0 Å². The quantitative estimate of drug-likeness (QED) is 0.521. The van der Waals surface area contributed by atoms with Gasteiger partial charge in [-0.1, -0.05) is 11.6 Å². The number of hydrogen-bond acceptors (Lipinski definition) is 4. The van der Waals surface area contributed by atoms with Gasteiger partial charge in [0.1, 0.15) is 6.61 Å². The van der Waals surface area contributed by atoms with Crippen LogP contribution in [0.4, 0.5) is 0 Å². The Kier molecular flexibility index (Phi) is 4.92. The first-order chi connectivity index (χ1) is 8.65. The van der Waals surface area contributed by atoms with E-state index in [-0.39, 0.29) is 0 Å². The zero-order valence-electron chi connectivity index (χ0n) is 10.5. The molecule has 2 rings (SSSR count). The standard InChI is InChI=1S/C13H17ClO3S/c1-3-16-17-7-9-6-10(14)13-12(8(9)2)11(15)4-5-18-13/h6,11,15H,3-5,7H2,1-2H3. The van der Waals surface area contributed by atoms with Crippen molar-refractivity contribution < 1.29 is 14.9 Å². The van der Waals surface area contributed by atoms with Crippen molar-refractivity contribution in [2.24, 2.45) is 0 Å². The van der Waals surface area contributed by atoms with E-state index in [0.717, 1.165) is 33.8 Å². The normalized spacial score (nSPS) is 18.8. The van der Waals surface area contributed by atoms with E-state index in [1.165, 1.54) is 0 Å². The van der Waals surface area contributed by atoms with Crippen molar-refractivity contribution in [2.75, 3.05) is 12.4 Å². The van der Waals surface area contributed by atoms with Crippen molar-refractivity contribution in [1.82, 2.24) is 0 Å². The highest BCUT2D eigenvalue weighted by atomic mass is 35.5. The summed E-state index contributed by atoms with van der Waals surface area (Å²) in [5.74, 6) is 0.905. The third kappa shape index (κ3) is 2.83. The van der Waals surface area contributed by atoms with Crippen molar-refractivity contribution in [1.29, 1.82) is 0 Å². The molecule has 0 fully saturated rings. The van der Waals surface area contributed by atoms with Crippen LogP contribution in [0.3, 0.4) is 0 Å². The minimum Gasteiger partial charge on any atom is -0.388 e. The maximum Gasteiger partial charge on any atom is 0.108 e. The molecule has 1 heterocycles. The molecule has 18 heavy (non-hydrogen) atoms. The van der Waals surface area contributed by atoms with Crippen LogP contribution in [0.1, 0.15) is 36.1 Å². The Bertz CT molecular complexity index is 437. The summed E-state index contributed by atoms with van der Waals surface area (Å²) >= 11 is 7.98.